The smallest absolute Gasteiger partial charge is 0.354 e. The van der Waals surface area contributed by atoms with E-state index in [9.17, 15) is 9.59 Å². The first-order valence-corrected chi connectivity index (χ1v) is 5.82. The minimum absolute atomic E-state index is 0.223. The highest BCUT2D eigenvalue weighted by Crippen LogP contribution is 2.28. The molecule has 7 nitrogen and oxygen atoms in total. The fourth-order valence-corrected chi connectivity index (χ4v) is 1.76. The van der Waals surface area contributed by atoms with E-state index in [-0.39, 0.29) is 11.4 Å². The zero-order valence-electron chi connectivity index (χ0n) is 10.3. The standard InChI is InChI=1S/C12H10ClN3O4/c1-20-8-3-2-6(13)4-7(8)16-11(17)9-10(12(18)19)15-5-14-9/h2-5H,1H3,(H,14,15)(H,16,17)(H,18,19). The highest BCUT2D eigenvalue weighted by atomic mass is 35.5. The highest BCUT2D eigenvalue weighted by Gasteiger charge is 2.20. The van der Waals surface area contributed by atoms with Crippen LogP contribution in [0.1, 0.15) is 21.0 Å². The number of hydrogen-bond donors (Lipinski definition) is 3. The summed E-state index contributed by atoms with van der Waals surface area (Å²) in [6.45, 7) is 0. The molecule has 2 rings (SSSR count). The molecule has 0 fully saturated rings. The van der Waals surface area contributed by atoms with Gasteiger partial charge in [-0.15, -0.1) is 0 Å². The van der Waals surface area contributed by atoms with E-state index in [1.165, 1.54) is 13.2 Å². The number of ether oxygens (including phenoxy) is 1. The third kappa shape index (κ3) is 2.72. The van der Waals surface area contributed by atoms with Crippen LogP contribution in [0.3, 0.4) is 0 Å². The summed E-state index contributed by atoms with van der Waals surface area (Å²) >= 11 is 5.84. The Labute approximate surface area is 118 Å². The van der Waals surface area contributed by atoms with Crippen molar-refractivity contribution in [1.29, 1.82) is 0 Å². The number of nitrogens with one attached hydrogen (secondary N) is 2. The number of carboxylic acid groups (broad SMARTS) is 1. The number of anilines is 1. The van der Waals surface area contributed by atoms with Crippen molar-refractivity contribution >= 4 is 29.2 Å². The third-order valence-corrected chi connectivity index (χ3v) is 2.71. The first kappa shape index (κ1) is 13.9. The summed E-state index contributed by atoms with van der Waals surface area (Å²) in [5.74, 6) is -1.55. The van der Waals surface area contributed by atoms with Gasteiger partial charge in [-0.3, -0.25) is 4.79 Å². The molecule has 0 aliphatic carbocycles. The molecular weight excluding hydrogens is 286 g/mol. The minimum Gasteiger partial charge on any atom is -0.495 e. The Morgan fingerprint density at radius 3 is 2.85 bits per heavy atom. The van der Waals surface area contributed by atoms with Crippen molar-refractivity contribution in [3.63, 3.8) is 0 Å². The Balaban J connectivity index is 2.30. The van der Waals surface area contributed by atoms with Crippen LogP contribution in [0.2, 0.25) is 5.02 Å². The second-order valence-corrected chi connectivity index (χ2v) is 4.17. The molecule has 8 heteroatoms. The molecule has 0 unspecified atom stereocenters. The van der Waals surface area contributed by atoms with Crippen LogP contribution in [0.25, 0.3) is 0 Å². The number of hydrogen-bond acceptors (Lipinski definition) is 4. The quantitative estimate of drug-likeness (QED) is 0.800. The lowest BCUT2D eigenvalue weighted by Gasteiger charge is -2.09. The van der Waals surface area contributed by atoms with E-state index in [2.05, 4.69) is 15.3 Å². The first-order chi connectivity index (χ1) is 9.52. The molecule has 1 aromatic carbocycles. The van der Waals surface area contributed by atoms with Gasteiger partial charge in [0, 0.05) is 5.02 Å². The first-order valence-electron chi connectivity index (χ1n) is 5.44. The number of carboxylic acids is 1. The van der Waals surface area contributed by atoms with E-state index in [4.69, 9.17) is 21.4 Å². The molecule has 0 aliphatic rings. The van der Waals surface area contributed by atoms with E-state index in [0.29, 0.717) is 16.5 Å². The Bertz CT molecular complexity index is 668. The number of halogens is 1. The SMILES string of the molecule is COc1ccc(Cl)cc1NC(=O)c1nc[nH]c1C(=O)O. The lowest BCUT2D eigenvalue weighted by Crippen LogP contribution is -2.17. The van der Waals surface area contributed by atoms with Gasteiger partial charge in [-0.2, -0.15) is 0 Å². The maximum Gasteiger partial charge on any atom is 0.354 e. The van der Waals surface area contributed by atoms with Gasteiger partial charge in [0.25, 0.3) is 5.91 Å². The molecule has 0 saturated carbocycles. The van der Waals surface area contributed by atoms with E-state index >= 15 is 0 Å². The number of aromatic amines is 1. The molecule has 1 heterocycles. The van der Waals surface area contributed by atoms with Gasteiger partial charge in [-0.1, -0.05) is 11.6 Å². The van der Waals surface area contributed by atoms with E-state index < -0.39 is 11.9 Å². The molecule has 1 aromatic heterocycles. The van der Waals surface area contributed by atoms with Crippen molar-refractivity contribution in [2.45, 2.75) is 0 Å². The fourth-order valence-electron chi connectivity index (χ4n) is 1.59. The van der Waals surface area contributed by atoms with Crippen LogP contribution >= 0.6 is 11.6 Å². The largest absolute Gasteiger partial charge is 0.495 e. The van der Waals surface area contributed by atoms with Crippen LogP contribution in [-0.4, -0.2) is 34.1 Å². The number of H-pyrrole nitrogens is 1. The topological polar surface area (TPSA) is 104 Å². The Kier molecular flexibility index (Phi) is 3.90. The van der Waals surface area contributed by atoms with Crippen LogP contribution < -0.4 is 10.1 Å². The molecule has 0 saturated heterocycles. The zero-order chi connectivity index (χ0) is 14.7. The Hall–Kier alpha value is -2.54. The minimum atomic E-state index is -1.27. The summed E-state index contributed by atoms with van der Waals surface area (Å²) in [4.78, 5) is 29.0. The van der Waals surface area contributed by atoms with Crippen molar-refractivity contribution in [3.8, 4) is 5.75 Å². The summed E-state index contributed by atoms with van der Waals surface area (Å²) in [6.07, 6.45) is 1.13. The van der Waals surface area contributed by atoms with Crippen LogP contribution in [0.4, 0.5) is 5.69 Å². The summed E-state index contributed by atoms with van der Waals surface area (Å²) in [6, 6.07) is 4.68. The molecular formula is C12H10ClN3O4. The monoisotopic (exact) mass is 295 g/mol. The molecule has 0 radical (unpaired) electrons. The molecule has 0 spiro atoms. The van der Waals surface area contributed by atoms with Crippen molar-refractivity contribution in [2.75, 3.05) is 12.4 Å². The van der Waals surface area contributed by atoms with Crippen LogP contribution in [-0.2, 0) is 0 Å². The van der Waals surface area contributed by atoms with Crippen LogP contribution in [0.5, 0.6) is 5.75 Å². The number of carbonyl (C=O) groups is 2. The lowest BCUT2D eigenvalue weighted by atomic mass is 10.2. The number of carbonyl (C=O) groups excluding carboxylic acids is 1. The molecule has 20 heavy (non-hydrogen) atoms. The number of imidazole rings is 1. The number of aromatic carboxylic acids is 1. The summed E-state index contributed by atoms with van der Waals surface area (Å²) in [5, 5.41) is 11.8. The summed E-state index contributed by atoms with van der Waals surface area (Å²) in [5.41, 5.74) is -0.188. The summed E-state index contributed by atoms with van der Waals surface area (Å²) in [7, 11) is 1.44. The number of amides is 1. The van der Waals surface area contributed by atoms with Crippen LogP contribution in [0, 0.1) is 0 Å². The van der Waals surface area contributed by atoms with Crippen LogP contribution in [0.15, 0.2) is 24.5 Å². The number of rotatable bonds is 4. The van der Waals surface area contributed by atoms with Gasteiger partial charge in [-0.05, 0) is 18.2 Å². The predicted molar refractivity (Wildman–Crippen MR) is 71.5 cm³/mol. The average molecular weight is 296 g/mol. The van der Waals surface area contributed by atoms with E-state index in [1.54, 1.807) is 12.1 Å². The van der Waals surface area contributed by atoms with Gasteiger partial charge >= 0.3 is 5.97 Å². The van der Waals surface area contributed by atoms with Crippen molar-refractivity contribution < 1.29 is 19.4 Å². The average Bonchev–Trinajstić information content (AvgIpc) is 2.88. The molecule has 3 N–H and O–H groups in total. The number of aromatic nitrogens is 2. The van der Waals surface area contributed by atoms with Gasteiger partial charge in [0.1, 0.15) is 5.75 Å². The van der Waals surface area contributed by atoms with E-state index in [1.807, 2.05) is 0 Å². The van der Waals surface area contributed by atoms with Crippen molar-refractivity contribution in [3.05, 3.63) is 40.9 Å². The van der Waals surface area contributed by atoms with Gasteiger partial charge in [0.15, 0.2) is 11.4 Å². The predicted octanol–water partition coefficient (Wildman–Crippen LogP) is 2.02. The lowest BCUT2D eigenvalue weighted by molar-refractivity contribution is 0.0686. The maximum absolute atomic E-state index is 12.0. The molecule has 0 aliphatic heterocycles. The fraction of sp³-hybridized carbons (Fsp3) is 0.0833. The van der Waals surface area contributed by atoms with Gasteiger partial charge in [0.2, 0.25) is 0 Å². The summed E-state index contributed by atoms with van der Waals surface area (Å²) < 4.78 is 5.08. The number of nitrogens with zero attached hydrogens (tertiary/aromatic N) is 1. The van der Waals surface area contributed by atoms with Gasteiger partial charge in [-0.25, -0.2) is 9.78 Å². The Morgan fingerprint density at radius 1 is 1.45 bits per heavy atom. The maximum atomic E-state index is 12.0. The normalized spacial score (nSPS) is 10.1. The van der Waals surface area contributed by atoms with Crippen molar-refractivity contribution in [2.24, 2.45) is 0 Å². The number of methoxy groups -OCH3 is 1. The zero-order valence-corrected chi connectivity index (χ0v) is 11.1. The van der Waals surface area contributed by atoms with E-state index in [0.717, 1.165) is 6.33 Å². The molecule has 1 amide bonds. The molecule has 0 atom stereocenters. The highest BCUT2D eigenvalue weighted by molar-refractivity contribution is 6.31. The van der Waals surface area contributed by atoms with Gasteiger partial charge < -0.3 is 20.1 Å². The Morgan fingerprint density at radius 2 is 2.20 bits per heavy atom. The second kappa shape index (κ2) is 5.62. The molecule has 0 bridgehead atoms. The number of benzene rings is 1. The third-order valence-electron chi connectivity index (χ3n) is 2.48. The second-order valence-electron chi connectivity index (χ2n) is 3.73. The van der Waals surface area contributed by atoms with Gasteiger partial charge in [0.05, 0.1) is 19.1 Å². The molecule has 104 valence electrons. The molecule has 2 aromatic rings. The van der Waals surface area contributed by atoms with Crippen molar-refractivity contribution in [1.82, 2.24) is 9.97 Å².